The summed E-state index contributed by atoms with van der Waals surface area (Å²) in [4.78, 5) is 4.42. The number of hydrogen-bond acceptors (Lipinski definition) is 2. The Labute approximate surface area is 105 Å². The molecule has 1 fully saturated rings. The molecule has 0 radical (unpaired) electrons. The van der Waals surface area contributed by atoms with Gasteiger partial charge in [-0.25, -0.2) is 4.98 Å². The van der Waals surface area contributed by atoms with Crippen LogP contribution in [0.1, 0.15) is 44.3 Å². The van der Waals surface area contributed by atoms with E-state index in [1.807, 2.05) is 12.4 Å². The van der Waals surface area contributed by atoms with E-state index in [1.165, 1.54) is 44.3 Å². The summed E-state index contributed by atoms with van der Waals surface area (Å²) in [6.07, 6.45) is 13.5. The zero-order valence-corrected chi connectivity index (χ0v) is 11.2. The minimum atomic E-state index is 0.583. The zero-order valence-electron chi connectivity index (χ0n) is 11.2. The molecule has 1 aliphatic rings. The topological polar surface area (TPSA) is 29.9 Å². The van der Waals surface area contributed by atoms with Crippen LogP contribution in [0.25, 0.3) is 0 Å². The van der Waals surface area contributed by atoms with E-state index in [2.05, 4.69) is 29.0 Å². The fraction of sp³-hybridized carbons (Fsp3) is 0.786. The number of aryl methyl sites for hydroxylation is 1. The van der Waals surface area contributed by atoms with Gasteiger partial charge in [0.25, 0.3) is 0 Å². The van der Waals surface area contributed by atoms with Gasteiger partial charge in [0, 0.05) is 31.9 Å². The smallest absolute Gasteiger partial charge is 0.109 e. The molecule has 0 aliphatic heterocycles. The van der Waals surface area contributed by atoms with Crippen molar-refractivity contribution in [2.24, 2.45) is 13.0 Å². The van der Waals surface area contributed by atoms with E-state index >= 15 is 0 Å². The lowest BCUT2D eigenvalue weighted by atomic mass is 9.84. The number of imidazole rings is 1. The third-order valence-electron chi connectivity index (χ3n) is 4.10. The fourth-order valence-corrected chi connectivity index (χ4v) is 2.94. The summed E-state index contributed by atoms with van der Waals surface area (Å²) in [6, 6.07) is 0.583. The molecule has 1 atom stereocenters. The van der Waals surface area contributed by atoms with E-state index in [4.69, 9.17) is 0 Å². The Balaban J connectivity index is 1.85. The first-order chi connectivity index (χ1) is 8.29. The minimum Gasteiger partial charge on any atom is -0.338 e. The number of rotatable bonds is 5. The van der Waals surface area contributed by atoms with Crippen LogP contribution in [-0.4, -0.2) is 22.6 Å². The summed E-state index contributed by atoms with van der Waals surface area (Å²) in [7, 11) is 4.16. The predicted molar refractivity (Wildman–Crippen MR) is 71.0 cm³/mol. The van der Waals surface area contributed by atoms with Crippen molar-refractivity contribution >= 4 is 0 Å². The van der Waals surface area contributed by atoms with Crippen LogP contribution >= 0.6 is 0 Å². The van der Waals surface area contributed by atoms with Crippen molar-refractivity contribution in [2.75, 3.05) is 7.05 Å². The molecule has 0 bridgehead atoms. The molecule has 3 nitrogen and oxygen atoms in total. The molecular weight excluding hydrogens is 210 g/mol. The molecule has 2 rings (SSSR count). The summed E-state index contributed by atoms with van der Waals surface area (Å²) in [5.41, 5.74) is 0. The largest absolute Gasteiger partial charge is 0.338 e. The monoisotopic (exact) mass is 235 g/mol. The first kappa shape index (κ1) is 12.6. The lowest BCUT2D eigenvalue weighted by Crippen LogP contribution is -2.31. The average molecular weight is 235 g/mol. The van der Waals surface area contributed by atoms with Gasteiger partial charge < -0.3 is 9.88 Å². The molecule has 0 amide bonds. The van der Waals surface area contributed by atoms with E-state index < -0.39 is 0 Å². The molecule has 17 heavy (non-hydrogen) atoms. The lowest BCUT2D eigenvalue weighted by molar-refractivity contribution is 0.300. The van der Waals surface area contributed by atoms with Crippen molar-refractivity contribution in [1.82, 2.24) is 14.9 Å². The molecule has 1 N–H and O–H groups in total. The highest BCUT2D eigenvalue weighted by Crippen LogP contribution is 2.27. The van der Waals surface area contributed by atoms with Gasteiger partial charge in [0.2, 0.25) is 0 Å². The number of aromatic nitrogens is 2. The molecule has 1 aliphatic carbocycles. The maximum atomic E-state index is 4.42. The molecule has 1 unspecified atom stereocenters. The third kappa shape index (κ3) is 3.56. The maximum Gasteiger partial charge on any atom is 0.109 e. The number of nitrogens with one attached hydrogen (secondary N) is 1. The Hall–Kier alpha value is -0.830. The van der Waals surface area contributed by atoms with Gasteiger partial charge in [0.15, 0.2) is 0 Å². The second-order valence-electron chi connectivity index (χ2n) is 5.38. The van der Waals surface area contributed by atoms with E-state index in [-0.39, 0.29) is 0 Å². The van der Waals surface area contributed by atoms with E-state index in [1.54, 1.807) is 0 Å². The molecule has 0 aromatic carbocycles. The third-order valence-corrected chi connectivity index (χ3v) is 4.10. The second kappa shape index (κ2) is 6.20. The normalized spacial score (nSPS) is 19.4. The lowest BCUT2D eigenvalue weighted by Gasteiger charge is -2.26. The van der Waals surface area contributed by atoms with Crippen LogP contribution in [0.15, 0.2) is 12.4 Å². The Morgan fingerprint density at radius 1 is 1.41 bits per heavy atom. The summed E-state index contributed by atoms with van der Waals surface area (Å²) in [6.45, 7) is 0. The Morgan fingerprint density at radius 3 is 2.76 bits per heavy atom. The van der Waals surface area contributed by atoms with Crippen LogP contribution < -0.4 is 5.32 Å². The second-order valence-corrected chi connectivity index (χ2v) is 5.38. The molecular formula is C14H25N3. The quantitative estimate of drug-likeness (QED) is 0.850. The van der Waals surface area contributed by atoms with Crippen molar-refractivity contribution in [1.29, 1.82) is 0 Å². The number of nitrogens with zero attached hydrogens (tertiary/aromatic N) is 2. The van der Waals surface area contributed by atoms with Gasteiger partial charge in [0.05, 0.1) is 0 Å². The van der Waals surface area contributed by atoms with Gasteiger partial charge in [0.1, 0.15) is 5.82 Å². The highest BCUT2D eigenvalue weighted by Gasteiger charge is 2.19. The summed E-state index contributed by atoms with van der Waals surface area (Å²) in [5.74, 6) is 2.13. The molecule has 3 heteroatoms. The van der Waals surface area contributed by atoms with E-state index in [0.717, 1.165) is 12.3 Å². The predicted octanol–water partition coefficient (Wildman–Crippen LogP) is 2.52. The minimum absolute atomic E-state index is 0.583. The van der Waals surface area contributed by atoms with Gasteiger partial charge >= 0.3 is 0 Å². The van der Waals surface area contributed by atoms with Crippen LogP contribution in [0.4, 0.5) is 0 Å². The SMILES string of the molecule is CNC(Cc1nccn1C)CC1CCCCC1. The maximum absolute atomic E-state index is 4.42. The van der Waals surface area contributed by atoms with Crippen LogP contribution in [0.2, 0.25) is 0 Å². The van der Waals surface area contributed by atoms with Gasteiger partial charge in [-0.1, -0.05) is 32.1 Å². The van der Waals surface area contributed by atoms with Crippen molar-refractivity contribution in [3.8, 4) is 0 Å². The summed E-state index contributed by atoms with van der Waals surface area (Å²) in [5, 5.41) is 3.46. The molecule has 0 saturated heterocycles. The molecule has 1 aromatic rings. The molecule has 1 aromatic heterocycles. The molecule has 96 valence electrons. The van der Waals surface area contributed by atoms with Crippen LogP contribution in [0.5, 0.6) is 0 Å². The number of hydrogen-bond donors (Lipinski definition) is 1. The summed E-state index contributed by atoms with van der Waals surface area (Å²) >= 11 is 0. The fourth-order valence-electron chi connectivity index (χ4n) is 2.94. The van der Waals surface area contributed by atoms with E-state index in [0.29, 0.717) is 6.04 Å². The molecule has 1 heterocycles. The van der Waals surface area contributed by atoms with Crippen molar-refractivity contribution in [3.05, 3.63) is 18.2 Å². The standard InChI is InChI=1S/C14H25N3/c1-15-13(10-12-6-4-3-5-7-12)11-14-16-8-9-17(14)2/h8-9,12-13,15H,3-7,10-11H2,1-2H3. The van der Waals surface area contributed by atoms with Gasteiger partial charge in [-0.05, 0) is 19.4 Å². The first-order valence-electron chi connectivity index (χ1n) is 6.93. The van der Waals surface area contributed by atoms with Crippen LogP contribution in [0, 0.1) is 5.92 Å². The van der Waals surface area contributed by atoms with Crippen LogP contribution in [-0.2, 0) is 13.5 Å². The Bertz CT molecular complexity index is 326. The van der Waals surface area contributed by atoms with Gasteiger partial charge in [-0.2, -0.15) is 0 Å². The van der Waals surface area contributed by atoms with E-state index in [9.17, 15) is 0 Å². The molecule has 0 spiro atoms. The highest BCUT2D eigenvalue weighted by molar-refractivity contribution is 4.94. The van der Waals surface area contributed by atoms with Gasteiger partial charge in [-0.3, -0.25) is 0 Å². The summed E-state index contributed by atoms with van der Waals surface area (Å²) < 4.78 is 2.13. The highest BCUT2D eigenvalue weighted by atomic mass is 15.0. The van der Waals surface area contributed by atoms with Crippen molar-refractivity contribution < 1.29 is 0 Å². The zero-order chi connectivity index (χ0) is 12.1. The Morgan fingerprint density at radius 2 is 2.18 bits per heavy atom. The van der Waals surface area contributed by atoms with Gasteiger partial charge in [-0.15, -0.1) is 0 Å². The van der Waals surface area contributed by atoms with Crippen molar-refractivity contribution in [2.45, 2.75) is 51.0 Å². The Kier molecular flexibility index (Phi) is 4.60. The average Bonchev–Trinajstić information content (AvgIpc) is 2.75. The van der Waals surface area contributed by atoms with Crippen molar-refractivity contribution in [3.63, 3.8) is 0 Å². The number of likely N-dealkylation sites (N-methyl/N-ethyl adjacent to an activating group) is 1. The van der Waals surface area contributed by atoms with Crippen LogP contribution in [0.3, 0.4) is 0 Å². The molecule has 1 saturated carbocycles. The first-order valence-corrected chi connectivity index (χ1v) is 6.93.